The molecule has 17 heavy (non-hydrogen) atoms. The van der Waals surface area contributed by atoms with Crippen LogP contribution in [0.5, 0.6) is 0 Å². The van der Waals surface area contributed by atoms with Crippen molar-refractivity contribution in [3.05, 3.63) is 17.8 Å². The zero-order chi connectivity index (χ0) is 12.6. The van der Waals surface area contributed by atoms with E-state index in [0.29, 0.717) is 5.76 Å². The Labute approximate surface area is 96.0 Å². The van der Waals surface area contributed by atoms with Gasteiger partial charge in [0, 0.05) is 13.0 Å². The predicted octanol–water partition coefficient (Wildman–Crippen LogP) is 0.622. The van der Waals surface area contributed by atoms with Crippen LogP contribution in [0.25, 0.3) is 0 Å². The number of hydrogen-bond donors (Lipinski definition) is 1. The second kappa shape index (κ2) is 3.83. The number of carbonyl (C=O) groups excluding carboxylic acids is 1. The van der Waals surface area contributed by atoms with Gasteiger partial charge in [-0.15, -0.1) is 0 Å². The van der Waals surface area contributed by atoms with Crippen molar-refractivity contribution in [3.8, 4) is 0 Å². The van der Waals surface area contributed by atoms with Crippen LogP contribution in [0.4, 0.5) is 4.39 Å². The minimum absolute atomic E-state index is 0.0634. The van der Waals surface area contributed by atoms with E-state index in [1.807, 2.05) is 0 Å². The fraction of sp³-hybridized carbons (Fsp3) is 0.500. The molecule has 2 rings (SSSR count). The standard InChI is InChI=1S/C10H11FN2O4/c1-6-7(12-5-17-6)8(14)13-3-2-10(11,4-13)9(15)16/h5H,2-4H2,1H3,(H,15,16). The molecule has 0 saturated carbocycles. The summed E-state index contributed by atoms with van der Waals surface area (Å²) in [4.78, 5) is 27.4. The van der Waals surface area contributed by atoms with Gasteiger partial charge in [-0.1, -0.05) is 0 Å². The van der Waals surface area contributed by atoms with Gasteiger partial charge in [-0.25, -0.2) is 14.2 Å². The molecule has 1 unspecified atom stereocenters. The van der Waals surface area contributed by atoms with Crippen molar-refractivity contribution in [2.45, 2.75) is 19.0 Å². The van der Waals surface area contributed by atoms with Crippen LogP contribution >= 0.6 is 0 Å². The number of rotatable bonds is 2. The molecular weight excluding hydrogens is 231 g/mol. The van der Waals surface area contributed by atoms with E-state index in [1.165, 1.54) is 0 Å². The molecule has 1 aliphatic rings. The maximum Gasteiger partial charge on any atom is 0.343 e. The quantitative estimate of drug-likeness (QED) is 0.821. The molecule has 1 N–H and O–H groups in total. The Hall–Kier alpha value is -1.92. The van der Waals surface area contributed by atoms with Gasteiger partial charge in [-0.2, -0.15) is 0 Å². The lowest BCUT2D eigenvalue weighted by Gasteiger charge is -2.16. The molecule has 1 aromatic rings. The van der Waals surface area contributed by atoms with Crippen molar-refractivity contribution >= 4 is 11.9 Å². The average Bonchev–Trinajstić information content (AvgIpc) is 2.85. The van der Waals surface area contributed by atoms with Crippen LogP contribution in [-0.4, -0.2) is 45.6 Å². The summed E-state index contributed by atoms with van der Waals surface area (Å²) < 4.78 is 18.6. The second-order valence-electron chi connectivity index (χ2n) is 4.00. The predicted molar refractivity (Wildman–Crippen MR) is 53.2 cm³/mol. The third-order valence-corrected chi connectivity index (χ3v) is 2.84. The number of aliphatic carboxylic acids is 1. The minimum atomic E-state index is -2.35. The number of aromatic nitrogens is 1. The number of hydrogen-bond acceptors (Lipinski definition) is 4. The molecule has 1 atom stereocenters. The van der Waals surface area contributed by atoms with E-state index < -0.39 is 24.1 Å². The Kier molecular flexibility index (Phi) is 2.60. The van der Waals surface area contributed by atoms with Crippen LogP contribution in [0.3, 0.4) is 0 Å². The monoisotopic (exact) mass is 242 g/mol. The molecule has 0 radical (unpaired) electrons. The summed E-state index contributed by atoms with van der Waals surface area (Å²) in [6, 6.07) is 0. The fourth-order valence-electron chi connectivity index (χ4n) is 1.78. The zero-order valence-electron chi connectivity index (χ0n) is 9.14. The molecule has 0 spiro atoms. The molecule has 0 aliphatic carbocycles. The van der Waals surface area contributed by atoms with Gasteiger partial charge < -0.3 is 14.4 Å². The number of halogens is 1. The van der Waals surface area contributed by atoms with E-state index in [2.05, 4.69) is 4.98 Å². The number of nitrogens with zero attached hydrogens (tertiary/aromatic N) is 2. The van der Waals surface area contributed by atoms with Crippen molar-refractivity contribution < 1.29 is 23.5 Å². The molecule has 0 bridgehead atoms. The van der Waals surface area contributed by atoms with E-state index >= 15 is 0 Å². The van der Waals surface area contributed by atoms with Gasteiger partial charge in [0.25, 0.3) is 5.91 Å². The fourth-order valence-corrected chi connectivity index (χ4v) is 1.78. The van der Waals surface area contributed by atoms with Gasteiger partial charge in [-0.05, 0) is 6.92 Å². The molecule has 1 aromatic heterocycles. The van der Waals surface area contributed by atoms with Crippen LogP contribution in [0.1, 0.15) is 22.7 Å². The first-order valence-corrected chi connectivity index (χ1v) is 5.06. The van der Waals surface area contributed by atoms with Gasteiger partial charge in [0.05, 0.1) is 6.54 Å². The second-order valence-corrected chi connectivity index (χ2v) is 4.00. The van der Waals surface area contributed by atoms with E-state index in [1.54, 1.807) is 6.92 Å². The lowest BCUT2D eigenvalue weighted by atomic mass is 10.1. The van der Waals surface area contributed by atoms with E-state index in [-0.39, 0.29) is 18.7 Å². The molecular formula is C10H11FN2O4. The topological polar surface area (TPSA) is 83.6 Å². The molecule has 92 valence electrons. The van der Waals surface area contributed by atoms with Crippen molar-refractivity contribution in [1.29, 1.82) is 0 Å². The SMILES string of the molecule is Cc1ocnc1C(=O)N1CCC(F)(C(=O)O)C1. The zero-order valence-corrected chi connectivity index (χ0v) is 9.14. The number of carbonyl (C=O) groups is 2. The first kappa shape index (κ1) is 11.6. The van der Waals surface area contributed by atoms with Crippen molar-refractivity contribution in [2.24, 2.45) is 0 Å². The number of amides is 1. The van der Waals surface area contributed by atoms with Crippen molar-refractivity contribution in [3.63, 3.8) is 0 Å². The summed E-state index contributed by atoms with van der Waals surface area (Å²) in [5, 5.41) is 8.71. The van der Waals surface area contributed by atoms with Gasteiger partial charge >= 0.3 is 5.97 Å². The minimum Gasteiger partial charge on any atom is -0.479 e. The van der Waals surface area contributed by atoms with Crippen LogP contribution in [-0.2, 0) is 4.79 Å². The lowest BCUT2D eigenvalue weighted by molar-refractivity contribution is -0.149. The van der Waals surface area contributed by atoms with E-state index in [9.17, 15) is 14.0 Å². The van der Waals surface area contributed by atoms with Crippen LogP contribution in [0, 0.1) is 6.92 Å². The molecule has 7 heteroatoms. The smallest absolute Gasteiger partial charge is 0.343 e. The van der Waals surface area contributed by atoms with Crippen LogP contribution < -0.4 is 0 Å². The van der Waals surface area contributed by atoms with Gasteiger partial charge in [0.15, 0.2) is 12.1 Å². The van der Waals surface area contributed by atoms with Gasteiger partial charge in [0.1, 0.15) is 5.76 Å². The number of carboxylic acids is 1. The number of alkyl halides is 1. The van der Waals surface area contributed by atoms with Crippen molar-refractivity contribution in [1.82, 2.24) is 9.88 Å². The molecule has 2 heterocycles. The normalized spacial score (nSPS) is 24.0. The van der Waals surface area contributed by atoms with E-state index in [0.717, 1.165) is 11.3 Å². The Bertz CT molecular complexity index is 473. The maximum atomic E-state index is 13.8. The lowest BCUT2D eigenvalue weighted by Crippen LogP contribution is -2.39. The summed E-state index contributed by atoms with van der Waals surface area (Å²) in [5.74, 6) is -1.71. The summed E-state index contributed by atoms with van der Waals surface area (Å²) in [6.45, 7) is 1.18. The molecule has 6 nitrogen and oxygen atoms in total. The molecule has 1 amide bonds. The maximum absolute atomic E-state index is 13.8. The summed E-state index contributed by atoms with van der Waals surface area (Å²) in [7, 11) is 0. The van der Waals surface area contributed by atoms with Gasteiger partial charge in [0.2, 0.25) is 5.67 Å². The summed E-state index contributed by atoms with van der Waals surface area (Å²) in [6.07, 6.45) is 0.920. The highest BCUT2D eigenvalue weighted by Crippen LogP contribution is 2.27. The number of carboxylic acid groups (broad SMARTS) is 1. The van der Waals surface area contributed by atoms with Crippen LogP contribution in [0.2, 0.25) is 0 Å². The highest BCUT2D eigenvalue weighted by Gasteiger charge is 2.47. The van der Waals surface area contributed by atoms with Crippen LogP contribution in [0.15, 0.2) is 10.8 Å². The average molecular weight is 242 g/mol. The Balaban J connectivity index is 2.15. The Morgan fingerprint density at radius 2 is 2.35 bits per heavy atom. The summed E-state index contributed by atoms with van der Waals surface area (Å²) >= 11 is 0. The Morgan fingerprint density at radius 1 is 1.65 bits per heavy atom. The molecule has 0 aromatic carbocycles. The van der Waals surface area contributed by atoms with E-state index in [4.69, 9.17) is 9.52 Å². The summed E-state index contributed by atoms with van der Waals surface area (Å²) in [5.41, 5.74) is -2.26. The molecule has 1 saturated heterocycles. The first-order valence-electron chi connectivity index (χ1n) is 5.06. The Morgan fingerprint density at radius 3 is 2.82 bits per heavy atom. The number of aryl methyl sites for hydroxylation is 1. The number of likely N-dealkylation sites (tertiary alicyclic amines) is 1. The van der Waals surface area contributed by atoms with Gasteiger partial charge in [-0.3, -0.25) is 4.79 Å². The highest BCUT2D eigenvalue weighted by atomic mass is 19.1. The highest BCUT2D eigenvalue weighted by molar-refractivity contribution is 5.94. The van der Waals surface area contributed by atoms with Crippen molar-refractivity contribution in [2.75, 3.05) is 13.1 Å². The third kappa shape index (κ3) is 1.88. The first-order chi connectivity index (χ1) is 7.94. The number of oxazole rings is 1. The molecule has 1 aliphatic heterocycles. The molecule has 1 fully saturated rings. The third-order valence-electron chi connectivity index (χ3n) is 2.84. The largest absolute Gasteiger partial charge is 0.479 e.